The van der Waals surface area contributed by atoms with Crippen LogP contribution in [0.2, 0.25) is 0 Å². The Labute approximate surface area is 119 Å². The topological polar surface area (TPSA) is 43.4 Å². The van der Waals surface area contributed by atoms with Crippen molar-refractivity contribution in [1.29, 1.82) is 0 Å². The summed E-state index contributed by atoms with van der Waals surface area (Å²) < 4.78 is 5.58. The summed E-state index contributed by atoms with van der Waals surface area (Å²) in [6.07, 6.45) is 9.81. The van der Waals surface area contributed by atoms with Crippen molar-refractivity contribution in [2.24, 2.45) is 5.92 Å². The average molecular weight is 282 g/mol. The number of ketones is 1. The maximum absolute atomic E-state index is 11.8. The van der Waals surface area contributed by atoms with Crippen LogP contribution in [0.15, 0.2) is 11.8 Å². The van der Waals surface area contributed by atoms with Gasteiger partial charge < -0.3 is 4.74 Å². The van der Waals surface area contributed by atoms with E-state index in [0.717, 1.165) is 12.8 Å². The summed E-state index contributed by atoms with van der Waals surface area (Å²) in [4.78, 5) is 23.4. The van der Waals surface area contributed by atoms with Gasteiger partial charge in [0.1, 0.15) is 5.76 Å². The van der Waals surface area contributed by atoms with Gasteiger partial charge in [0.15, 0.2) is 5.78 Å². The van der Waals surface area contributed by atoms with Gasteiger partial charge in [0.2, 0.25) is 0 Å². The van der Waals surface area contributed by atoms with Gasteiger partial charge in [-0.25, -0.2) is 0 Å². The molecule has 2 aliphatic carbocycles. The minimum atomic E-state index is -0.214. The third-order valence-corrected chi connectivity index (χ3v) is 5.82. The van der Waals surface area contributed by atoms with Gasteiger partial charge in [-0.3, -0.25) is 9.59 Å². The Hall–Kier alpha value is -0.770. The van der Waals surface area contributed by atoms with Gasteiger partial charge in [-0.15, -0.1) is 0 Å². The van der Waals surface area contributed by atoms with Gasteiger partial charge in [0.25, 0.3) is 0 Å². The first-order valence-electron chi connectivity index (χ1n) is 7.09. The highest BCUT2D eigenvalue weighted by molar-refractivity contribution is 8.00. The Bertz CT molecular complexity index is 391. The second kappa shape index (κ2) is 6.12. The highest BCUT2D eigenvalue weighted by Crippen LogP contribution is 2.52. The monoisotopic (exact) mass is 282 g/mol. The first-order valence-corrected chi connectivity index (χ1v) is 8.31. The fraction of sp³-hybridized carbons (Fsp3) is 0.733. The van der Waals surface area contributed by atoms with Crippen LogP contribution >= 0.6 is 11.8 Å². The van der Waals surface area contributed by atoms with E-state index >= 15 is 0 Å². The van der Waals surface area contributed by atoms with E-state index in [9.17, 15) is 9.59 Å². The van der Waals surface area contributed by atoms with Gasteiger partial charge in [0, 0.05) is 30.1 Å². The van der Waals surface area contributed by atoms with Crippen LogP contribution in [0.3, 0.4) is 0 Å². The third-order valence-electron chi connectivity index (χ3n) is 4.27. The van der Waals surface area contributed by atoms with Crippen molar-refractivity contribution in [2.45, 2.75) is 56.6 Å². The van der Waals surface area contributed by atoms with Crippen molar-refractivity contribution >= 4 is 23.5 Å². The Kier molecular flexibility index (Phi) is 4.71. The molecule has 0 aromatic rings. The molecule has 3 nitrogen and oxygen atoms in total. The van der Waals surface area contributed by atoms with Crippen LogP contribution < -0.4 is 0 Å². The molecule has 106 valence electrons. The van der Waals surface area contributed by atoms with E-state index in [1.165, 1.54) is 25.3 Å². The number of allylic oxidation sites excluding steroid dienone is 2. The van der Waals surface area contributed by atoms with E-state index in [4.69, 9.17) is 4.74 Å². The SMILES string of the molecule is CCCC(=O)OC1=CC(=O)CC(C2(SC)CCC2)C1. The van der Waals surface area contributed by atoms with Crippen LogP contribution in [0.4, 0.5) is 0 Å². The molecule has 0 bridgehead atoms. The molecular weight excluding hydrogens is 260 g/mol. The van der Waals surface area contributed by atoms with Crippen molar-refractivity contribution in [3.05, 3.63) is 11.8 Å². The number of hydrogen-bond donors (Lipinski definition) is 0. The largest absolute Gasteiger partial charge is 0.431 e. The lowest BCUT2D eigenvalue weighted by atomic mass is 9.70. The summed E-state index contributed by atoms with van der Waals surface area (Å²) in [6, 6.07) is 0. The minimum Gasteiger partial charge on any atom is -0.431 e. The molecule has 0 saturated heterocycles. The average Bonchev–Trinajstić information content (AvgIpc) is 2.27. The maximum atomic E-state index is 11.8. The molecule has 0 radical (unpaired) electrons. The zero-order valence-corrected chi connectivity index (χ0v) is 12.6. The molecule has 0 aromatic heterocycles. The molecule has 0 N–H and O–H groups in total. The second-order valence-corrected chi connectivity index (χ2v) is 6.75. The molecule has 0 spiro atoms. The van der Waals surface area contributed by atoms with Gasteiger partial charge in [0.05, 0.1) is 0 Å². The standard InChI is InChI=1S/C15H22O3S/c1-3-5-14(17)18-13-9-11(8-12(16)10-13)15(19-2)6-4-7-15/h10-11H,3-9H2,1-2H3. The number of hydrogen-bond acceptors (Lipinski definition) is 4. The number of carbonyl (C=O) groups is 2. The van der Waals surface area contributed by atoms with Gasteiger partial charge in [-0.1, -0.05) is 13.3 Å². The fourth-order valence-corrected chi connectivity index (χ4v) is 4.20. The molecule has 2 rings (SSSR count). The normalized spacial score (nSPS) is 25.5. The van der Waals surface area contributed by atoms with E-state index in [0.29, 0.717) is 24.5 Å². The molecule has 0 amide bonds. The van der Waals surface area contributed by atoms with Crippen LogP contribution in [0, 0.1) is 5.92 Å². The van der Waals surface area contributed by atoms with Crippen LogP contribution in [-0.4, -0.2) is 22.8 Å². The van der Waals surface area contributed by atoms with E-state index in [1.54, 1.807) is 0 Å². The fourth-order valence-electron chi connectivity index (χ4n) is 3.00. The highest BCUT2D eigenvalue weighted by atomic mass is 32.2. The van der Waals surface area contributed by atoms with Crippen molar-refractivity contribution in [2.75, 3.05) is 6.26 Å². The summed E-state index contributed by atoms with van der Waals surface area (Å²) in [5.41, 5.74) is 0. The molecule has 1 atom stereocenters. The number of esters is 1. The number of carbonyl (C=O) groups excluding carboxylic acids is 2. The Morgan fingerprint density at radius 2 is 2.21 bits per heavy atom. The van der Waals surface area contributed by atoms with Gasteiger partial charge in [-0.2, -0.15) is 11.8 Å². The molecule has 0 aliphatic heterocycles. The van der Waals surface area contributed by atoms with Crippen molar-refractivity contribution < 1.29 is 14.3 Å². The van der Waals surface area contributed by atoms with Gasteiger partial charge in [-0.05, 0) is 31.4 Å². The zero-order valence-electron chi connectivity index (χ0n) is 11.7. The predicted molar refractivity (Wildman–Crippen MR) is 76.9 cm³/mol. The summed E-state index contributed by atoms with van der Waals surface area (Å²) in [5, 5.41) is 0. The maximum Gasteiger partial charge on any atom is 0.310 e. The van der Waals surface area contributed by atoms with E-state index in [1.807, 2.05) is 18.7 Å². The second-order valence-electron chi connectivity index (χ2n) is 5.53. The first-order chi connectivity index (χ1) is 9.09. The summed E-state index contributed by atoms with van der Waals surface area (Å²) in [5.74, 6) is 0.808. The lowest BCUT2D eigenvalue weighted by Crippen LogP contribution is -2.43. The van der Waals surface area contributed by atoms with Crippen molar-refractivity contribution in [3.63, 3.8) is 0 Å². The van der Waals surface area contributed by atoms with Crippen molar-refractivity contribution in [1.82, 2.24) is 0 Å². The van der Waals surface area contributed by atoms with Crippen LogP contribution in [-0.2, 0) is 14.3 Å². The molecule has 1 fully saturated rings. The van der Waals surface area contributed by atoms with Crippen LogP contribution in [0.5, 0.6) is 0 Å². The summed E-state index contributed by atoms with van der Waals surface area (Å²) in [6.45, 7) is 1.95. The molecule has 19 heavy (non-hydrogen) atoms. The van der Waals surface area contributed by atoms with E-state index < -0.39 is 0 Å². The third kappa shape index (κ3) is 3.22. The smallest absolute Gasteiger partial charge is 0.310 e. The van der Waals surface area contributed by atoms with Gasteiger partial charge >= 0.3 is 5.97 Å². The Morgan fingerprint density at radius 3 is 2.74 bits per heavy atom. The lowest BCUT2D eigenvalue weighted by molar-refractivity contribution is -0.140. The van der Waals surface area contributed by atoms with E-state index in [2.05, 4.69) is 6.26 Å². The summed E-state index contributed by atoms with van der Waals surface area (Å²) in [7, 11) is 0. The number of thioether (sulfide) groups is 1. The highest BCUT2D eigenvalue weighted by Gasteiger charge is 2.45. The molecule has 1 saturated carbocycles. The number of ether oxygens (including phenoxy) is 1. The van der Waals surface area contributed by atoms with E-state index in [-0.39, 0.29) is 16.5 Å². The van der Waals surface area contributed by atoms with Crippen LogP contribution in [0.1, 0.15) is 51.9 Å². The predicted octanol–water partition coefficient (Wildman–Crippen LogP) is 3.48. The quantitative estimate of drug-likeness (QED) is 0.724. The molecular formula is C15H22O3S. The Morgan fingerprint density at radius 1 is 1.47 bits per heavy atom. The molecule has 4 heteroatoms. The first kappa shape index (κ1) is 14.6. The summed E-state index contributed by atoms with van der Waals surface area (Å²) >= 11 is 1.88. The molecule has 2 aliphatic rings. The lowest BCUT2D eigenvalue weighted by Gasteiger charge is -2.47. The molecule has 0 heterocycles. The molecule has 1 unspecified atom stereocenters. The molecule has 0 aromatic carbocycles. The minimum absolute atomic E-state index is 0.107. The zero-order chi connectivity index (χ0) is 13.9. The number of rotatable bonds is 5. The van der Waals surface area contributed by atoms with Crippen LogP contribution in [0.25, 0.3) is 0 Å². The van der Waals surface area contributed by atoms with Crippen molar-refractivity contribution in [3.8, 4) is 0 Å². The Balaban J connectivity index is 2.02.